The second-order valence-corrected chi connectivity index (χ2v) is 9.49. The van der Waals surface area contributed by atoms with Gasteiger partial charge in [-0.2, -0.15) is 0 Å². The van der Waals surface area contributed by atoms with Gasteiger partial charge < -0.3 is 19.9 Å². The Morgan fingerprint density at radius 2 is 1.83 bits per heavy atom. The van der Waals surface area contributed by atoms with E-state index in [9.17, 15) is 15.0 Å². The van der Waals surface area contributed by atoms with Crippen LogP contribution in [0.2, 0.25) is 0 Å². The number of aliphatic hydroxyl groups excluding tert-OH is 2. The first-order valence-electron chi connectivity index (χ1n) is 9.90. The Kier molecular flexibility index (Phi) is 6.36. The molecule has 0 saturated carbocycles. The number of nitrogens with one attached hydrogen (secondary N) is 1. The van der Waals surface area contributed by atoms with Crippen molar-refractivity contribution < 1.29 is 15.0 Å². The molecule has 6 nitrogen and oxygen atoms in total. The third kappa shape index (κ3) is 4.43. The van der Waals surface area contributed by atoms with Gasteiger partial charge in [0, 0.05) is 28.2 Å². The molecule has 3 rings (SSSR count). The van der Waals surface area contributed by atoms with Gasteiger partial charge in [0.2, 0.25) is 5.91 Å². The molecule has 1 aromatic carbocycles. The standard InChI is InChI=1S/C23H28BrN3O3/c1-13-14(2)27-12-17(24)16(11-18(28)20(29)15-9-7-6-8-10-15)19(21(27)25-13)26-22(30)23(3,4)5/h6-10,12,18,20,28-29H,11H2,1-5H3,(H,26,30). The molecule has 0 fully saturated rings. The molecule has 0 spiro atoms. The van der Waals surface area contributed by atoms with Gasteiger partial charge in [-0.15, -0.1) is 0 Å². The van der Waals surface area contributed by atoms with Crippen LogP contribution in [0.5, 0.6) is 0 Å². The number of rotatable bonds is 5. The van der Waals surface area contributed by atoms with Crippen molar-refractivity contribution >= 4 is 33.2 Å². The van der Waals surface area contributed by atoms with Gasteiger partial charge in [0.05, 0.1) is 17.5 Å². The smallest absolute Gasteiger partial charge is 0.229 e. The molecule has 0 saturated heterocycles. The van der Waals surface area contributed by atoms with E-state index < -0.39 is 17.6 Å². The number of aryl methyl sites for hydroxylation is 2. The van der Waals surface area contributed by atoms with E-state index in [1.54, 1.807) is 12.1 Å². The summed E-state index contributed by atoms with van der Waals surface area (Å²) >= 11 is 3.59. The molecular weight excluding hydrogens is 446 g/mol. The molecule has 2 aromatic heterocycles. The van der Waals surface area contributed by atoms with Gasteiger partial charge in [0.1, 0.15) is 6.10 Å². The van der Waals surface area contributed by atoms with Crippen molar-refractivity contribution in [1.82, 2.24) is 9.38 Å². The van der Waals surface area contributed by atoms with Crippen LogP contribution < -0.4 is 5.32 Å². The van der Waals surface area contributed by atoms with Crippen LogP contribution in [-0.2, 0) is 11.2 Å². The fraction of sp³-hybridized carbons (Fsp3) is 0.391. The summed E-state index contributed by atoms with van der Waals surface area (Å²) in [6, 6.07) is 9.04. The second kappa shape index (κ2) is 8.49. The molecule has 1 amide bonds. The SMILES string of the molecule is Cc1nc2c(NC(=O)C(C)(C)C)c(CC(O)C(O)c3ccccc3)c(Br)cn2c1C. The third-order valence-corrected chi connectivity index (χ3v) is 5.96. The van der Waals surface area contributed by atoms with Crippen LogP contribution >= 0.6 is 15.9 Å². The Bertz CT molecular complexity index is 1070. The van der Waals surface area contributed by atoms with Crippen LogP contribution in [0.15, 0.2) is 41.0 Å². The number of amides is 1. The quantitative estimate of drug-likeness (QED) is 0.514. The van der Waals surface area contributed by atoms with E-state index >= 15 is 0 Å². The number of hydrogen-bond donors (Lipinski definition) is 3. The number of benzene rings is 1. The zero-order chi connectivity index (χ0) is 22.2. The zero-order valence-corrected chi connectivity index (χ0v) is 19.5. The predicted octanol–water partition coefficient (Wildman–Crippen LogP) is 4.34. The normalized spacial score (nSPS) is 14.0. The van der Waals surface area contributed by atoms with E-state index in [0.717, 1.165) is 15.9 Å². The molecule has 0 aliphatic heterocycles. The molecule has 0 bridgehead atoms. The lowest BCUT2D eigenvalue weighted by Gasteiger charge is -2.23. The van der Waals surface area contributed by atoms with Gasteiger partial charge >= 0.3 is 0 Å². The molecule has 3 N–H and O–H groups in total. The molecule has 2 heterocycles. The monoisotopic (exact) mass is 473 g/mol. The van der Waals surface area contributed by atoms with E-state index in [1.807, 2.05) is 63.4 Å². The lowest BCUT2D eigenvalue weighted by Crippen LogP contribution is -2.29. The lowest BCUT2D eigenvalue weighted by atomic mass is 9.94. The molecule has 7 heteroatoms. The molecule has 0 aliphatic carbocycles. The van der Waals surface area contributed by atoms with E-state index in [1.165, 1.54) is 0 Å². The van der Waals surface area contributed by atoms with Crippen molar-refractivity contribution in [3.63, 3.8) is 0 Å². The van der Waals surface area contributed by atoms with Crippen molar-refractivity contribution in [1.29, 1.82) is 0 Å². The van der Waals surface area contributed by atoms with E-state index in [4.69, 9.17) is 0 Å². The van der Waals surface area contributed by atoms with Gasteiger partial charge in [0.15, 0.2) is 5.65 Å². The van der Waals surface area contributed by atoms with Crippen LogP contribution in [-0.4, -0.2) is 31.6 Å². The largest absolute Gasteiger partial charge is 0.390 e. The van der Waals surface area contributed by atoms with E-state index in [2.05, 4.69) is 26.2 Å². The number of aliphatic hydroxyl groups is 2. The summed E-state index contributed by atoms with van der Waals surface area (Å²) in [5, 5.41) is 24.4. The Hall–Kier alpha value is -2.22. The Labute approximate surface area is 185 Å². The number of carbonyl (C=O) groups excluding carboxylic acids is 1. The number of anilines is 1. The van der Waals surface area contributed by atoms with Gasteiger partial charge in [-0.3, -0.25) is 4.79 Å². The number of halogens is 1. The molecule has 30 heavy (non-hydrogen) atoms. The van der Waals surface area contributed by atoms with Gasteiger partial charge in [-0.25, -0.2) is 4.98 Å². The minimum atomic E-state index is -1.06. The number of hydrogen-bond acceptors (Lipinski definition) is 4. The molecule has 0 radical (unpaired) electrons. The fourth-order valence-corrected chi connectivity index (χ4v) is 3.80. The minimum Gasteiger partial charge on any atom is -0.390 e. The number of nitrogens with zero attached hydrogens (tertiary/aromatic N) is 2. The van der Waals surface area contributed by atoms with E-state index in [-0.39, 0.29) is 12.3 Å². The van der Waals surface area contributed by atoms with Crippen molar-refractivity contribution in [3.05, 3.63) is 63.5 Å². The highest BCUT2D eigenvalue weighted by Crippen LogP contribution is 2.34. The molecule has 160 valence electrons. The van der Waals surface area contributed by atoms with Crippen molar-refractivity contribution in [2.45, 2.75) is 53.2 Å². The molecule has 0 aliphatic rings. The number of aromatic nitrogens is 2. The van der Waals surface area contributed by atoms with Crippen LogP contribution in [0, 0.1) is 19.3 Å². The topological polar surface area (TPSA) is 86.9 Å². The van der Waals surface area contributed by atoms with Crippen LogP contribution in [0.25, 0.3) is 5.65 Å². The van der Waals surface area contributed by atoms with Crippen molar-refractivity contribution in [3.8, 4) is 0 Å². The van der Waals surface area contributed by atoms with Crippen molar-refractivity contribution in [2.24, 2.45) is 5.41 Å². The van der Waals surface area contributed by atoms with Gasteiger partial charge in [-0.1, -0.05) is 51.1 Å². The van der Waals surface area contributed by atoms with E-state index in [0.29, 0.717) is 22.5 Å². The number of fused-ring (bicyclic) bond motifs is 1. The highest BCUT2D eigenvalue weighted by Gasteiger charge is 2.27. The maximum absolute atomic E-state index is 12.8. The third-order valence-electron chi connectivity index (χ3n) is 5.28. The number of carbonyl (C=O) groups is 1. The maximum atomic E-state index is 12.8. The van der Waals surface area contributed by atoms with Crippen LogP contribution in [0.4, 0.5) is 5.69 Å². The van der Waals surface area contributed by atoms with Gasteiger partial charge in [0.25, 0.3) is 0 Å². The predicted molar refractivity (Wildman–Crippen MR) is 122 cm³/mol. The zero-order valence-electron chi connectivity index (χ0n) is 17.9. The Balaban J connectivity index is 2.07. The summed E-state index contributed by atoms with van der Waals surface area (Å²) in [7, 11) is 0. The molecule has 2 atom stereocenters. The lowest BCUT2D eigenvalue weighted by molar-refractivity contribution is -0.123. The second-order valence-electron chi connectivity index (χ2n) is 8.64. The summed E-state index contributed by atoms with van der Waals surface area (Å²) in [6.07, 6.45) is -0.0935. The van der Waals surface area contributed by atoms with Gasteiger partial charge in [-0.05, 0) is 40.9 Å². The maximum Gasteiger partial charge on any atom is 0.229 e. The fourth-order valence-electron chi connectivity index (χ4n) is 3.23. The summed E-state index contributed by atoms with van der Waals surface area (Å²) in [5.74, 6) is -0.153. The Morgan fingerprint density at radius 1 is 1.20 bits per heavy atom. The average molecular weight is 474 g/mol. The van der Waals surface area contributed by atoms with Crippen LogP contribution in [0.1, 0.15) is 49.4 Å². The first-order chi connectivity index (χ1) is 14.0. The molecule has 3 aromatic rings. The summed E-state index contributed by atoms with van der Waals surface area (Å²) in [5.41, 5.74) is 3.70. The number of imidazole rings is 1. The summed E-state index contributed by atoms with van der Waals surface area (Å²) < 4.78 is 2.64. The summed E-state index contributed by atoms with van der Waals surface area (Å²) in [6.45, 7) is 9.40. The Morgan fingerprint density at radius 3 is 2.43 bits per heavy atom. The number of pyridine rings is 1. The van der Waals surface area contributed by atoms with Crippen molar-refractivity contribution in [2.75, 3.05) is 5.32 Å². The molecular formula is C23H28BrN3O3. The minimum absolute atomic E-state index is 0.137. The first kappa shape index (κ1) is 22.5. The molecule has 2 unspecified atom stereocenters. The average Bonchev–Trinajstić information content (AvgIpc) is 2.97. The summed E-state index contributed by atoms with van der Waals surface area (Å²) in [4.78, 5) is 17.4. The highest BCUT2D eigenvalue weighted by atomic mass is 79.9. The van der Waals surface area contributed by atoms with Crippen LogP contribution in [0.3, 0.4) is 0 Å². The first-order valence-corrected chi connectivity index (χ1v) is 10.7. The highest BCUT2D eigenvalue weighted by molar-refractivity contribution is 9.10.